The number of oxazole rings is 1. The Labute approximate surface area is 171 Å². The summed E-state index contributed by atoms with van der Waals surface area (Å²) < 4.78 is 33.2. The van der Waals surface area contributed by atoms with Crippen LogP contribution in [0.15, 0.2) is 56.6 Å². The molecule has 1 aromatic heterocycles. The number of carbonyl (C=O) groups excluding carboxylic acids is 1. The van der Waals surface area contributed by atoms with Gasteiger partial charge in [0, 0.05) is 29.9 Å². The lowest BCUT2D eigenvalue weighted by molar-refractivity contribution is -0.116. The molecule has 2 aromatic carbocycles. The molecule has 1 fully saturated rings. The third-order valence-corrected chi connectivity index (χ3v) is 6.88. The van der Waals surface area contributed by atoms with Crippen LogP contribution >= 0.6 is 11.6 Å². The van der Waals surface area contributed by atoms with Crippen molar-refractivity contribution >= 4 is 44.3 Å². The summed E-state index contributed by atoms with van der Waals surface area (Å²) in [4.78, 5) is 24.6. The molecule has 1 aliphatic heterocycles. The molecule has 0 unspecified atom stereocenters. The molecule has 0 spiro atoms. The summed E-state index contributed by atoms with van der Waals surface area (Å²) in [5.41, 5.74) is 0.963. The van der Waals surface area contributed by atoms with Crippen LogP contribution in [-0.2, 0) is 21.4 Å². The van der Waals surface area contributed by atoms with E-state index < -0.39 is 21.7 Å². The SMILES string of the molecule is O=C(Cn1c(=O)oc2cc(S(=O)(=O)N3CCCC3)ccc21)Nc1cccc(Cl)c1. The first-order chi connectivity index (χ1) is 13.8. The molecule has 1 aliphatic rings. The van der Waals surface area contributed by atoms with Gasteiger partial charge in [-0.3, -0.25) is 9.36 Å². The number of nitrogens with one attached hydrogen (secondary N) is 1. The number of aromatic nitrogens is 1. The summed E-state index contributed by atoms with van der Waals surface area (Å²) in [6.45, 7) is 0.681. The fraction of sp³-hybridized carbons (Fsp3) is 0.263. The second kappa shape index (κ2) is 7.66. The molecular weight excluding hydrogens is 418 g/mol. The monoisotopic (exact) mass is 435 g/mol. The summed E-state index contributed by atoms with van der Waals surface area (Å²) in [6.07, 6.45) is 1.66. The Kier molecular flexibility index (Phi) is 5.20. The lowest BCUT2D eigenvalue weighted by Crippen LogP contribution is -2.27. The molecule has 8 nitrogen and oxygen atoms in total. The van der Waals surface area contributed by atoms with Crippen LogP contribution in [0.2, 0.25) is 5.02 Å². The Bertz CT molecular complexity index is 1240. The first kappa shape index (κ1) is 19.7. The molecule has 0 aliphatic carbocycles. The number of hydrogen-bond donors (Lipinski definition) is 1. The number of fused-ring (bicyclic) bond motifs is 1. The zero-order valence-electron chi connectivity index (χ0n) is 15.3. The fourth-order valence-corrected chi connectivity index (χ4v) is 5.07. The molecule has 0 radical (unpaired) electrons. The van der Waals surface area contributed by atoms with Gasteiger partial charge in [-0.1, -0.05) is 17.7 Å². The quantitative estimate of drug-likeness (QED) is 0.663. The zero-order valence-corrected chi connectivity index (χ0v) is 16.9. The van der Waals surface area contributed by atoms with E-state index >= 15 is 0 Å². The number of hydrogen-bond acceptors (Lipinski definition) is 5. The maximum absolute atomic E-state index is 12.7. The van der Waals surface area contributed by atoms with Crippen molar-refractivity contribution in [1.29, 1.82) is 0 Å². The van der Waals surface area contributed by atoms with Crippen LogP contribution in [0.3, 0.4) is 0 Å². The maximum Gasteiger partial charge on any atom is 0.420 e. The molecule has 1 amide bonds. The average molecular weight is 436 g/mol. The Morgan fingerprint density at radius 2 is 1.90 bits per heavy atom. The number of amides is 1. The lowest BCUT2D eigenvalue weighted by atomic mass is 10.3. The van der Waals surface area contributed by atoms with Gasteiger partial charge in [-0.2, -0.15) is 4.31 Å². The van der Waals surface area contributed by atoms with E-state index in [0.717, 1.165) is 17.4 Å². The van der Waals surface area contributed by atoms with Crippen molar-refractivity contribution in [2.24, 2.45) is 0 Å². The standard InChI is InChI=1S/C19H18ClN3O5S/c20-13-4-3-5-14(10-13)21-18(24)12-23-16-7-6-15(11-17(16)28-19(23)25)29(26,27)22-8-1-2-9-22/h3-7,10-11H,1-2,8-9,12H2,(H,21,24). The Morgan fingerprint density at radius 1 is 1.14 bits per heavy atom. The molecule has 0 atom stereocenters. The van der Waals surface area contributed by atoms with Gasteiger partial charge in [-0.25, -0.2) is 13.2 Å². The number of nitrogens with zero attached hydrogens (tertiary/aromatic N) is 2. The molecular formula is C19H18ClN3O5S. The zero-order chi connectivity index (χ0) is 20.6. The van der Waals surface area contributed by atoms with Crippen molar-refractivity contribution < 1.29 is 17.6 Å². The van der Waals surface area contributed by atoms with E-state index in [0.29, 0.717) is 29.3 Å². The lowest BCUT2D eigenvalue weighted by Gasteiger charge is -2.15. The van der Waals surface area contributed by atoms with Crippen LogP contribution in [0.1, 0.15) is 12.8 Å². The average Bonchev–Trinajstić information content (AvgIpc) is 3.30. The molecule has 1 saturated heterocycles. The highest BCUT2D eigenvalue weighted by Crippen LogP contribution is 2.24. The Balaban J connectivity index is 1.60. The van der Waals surface area contributed by atoms with E-state index in [2.05, 4.69) is 5.32 Å². The number of benzene rings is 2. The molecule has 3 aromatic rings. The summed E-state index contributed by atoms with van der Waals surface area (Å²) in [5, 5.41) is 3.13. The minimum Gasteiger partial charge on any atom is -0.408 e. The minimum atomic E-state index is -3.63. The van der Waals surface area contributed by atoms with Crippen LogP contribution < -0.4 is 11.1 Å². The molecule has 152 valence electrons. The molecule has 4 rings (SSSR count). The fourth-order valence-electron chi connectivity index (χ4n) is 3.34. The molecule has 0 bridgehead atoms. The highest BCUT2D eigenvalue weighted by atomic mass is 35.5. The van der Waals surface area contributed by atoms with Crippen molar-refractivity contribution in [2.75, 3.05) is 18.4 Å². The third-order valence-electron chi connectivity index (χ3n) is 4.75. The molecule has 10 heteroatoms. The van der Waals surface area contributed by atoms with Gasteiger partial charge in [0.05, 0.1) is 10.4 Å². The van der Waals surface area contributed by atoms with E-state index in [9.17, 15) is 18.0 Å². The number of anilines is 1. The number of halogens is 1. The Morgan fingerprint density at radius 3 is 2.62 bits per heavy atom. The van der Waals surface area contributed by atoms with Gasteiger partial charge in [0.1, 0.15) is 6.54 Å². The number of sulfonamides is 1. The number of carbonyl (C=O) groups is 1. The van der Waals surface area contributed by atoms with Crippen molar-refractivity contribution in [3.63, 3.8) is 0 Å². The molecule has 0 saturated carbocycles. The van der Waals surface area contributed by atoms with Crippen molar-refractivity contribution in [1.82, 2.24) is 8.87 Å². The molecule has 2 heterocycles. The summed E-state index contributed by atoms with van der Waals surface area (Å²) >= 11 is 5.90. The van der Waals surface area contributed by atoms with Gasteiger partial charge in [0.2, 0.25) is 15.9 Å². The predicted octanol–water partition coefficient (Wildman–Crippen LogP) is 2.67. The van der Waals surface area contributed by atoms with Gasteiger partial charge in [0.15, 0.2) is 5.58 Å². The number of rotatable bonds is 5. The largest absolute Gasteiger partial charge is 0.420 e. The van der Waals surface area contributed by atoms with E-state index in [-0.39, 0.29) is 17.0 Å². The van der Waals surface area contributed by atoms with Gasteiger partial charge in [0.25, 0.3) is 0 Å². The summed E-state index contributed by atoms with van der Waals surface area (Å²) in [6, 6.07) is 10.9. The van der Waals surface area contributed by atoms with E-state index in [1.165, 1.54) is 22.5 Å². The first-order valence-electron chi connectivity index (χ1n) is 9.03. The summed E-state index contributed by atoms with van der Waals surface area (Å²) in [5.74, 6) is -1.18. The van der Waals surface area contributed by atoms with Crippen LogP contribution in [0, 0.1) is 0 Å². The van der Waals surface area contributed by atoms with E-state index in [4.69, 9.17) is 16.0 Å². The maximum atomic E-state index is 12.7. The molecule has 1 N–H and O–H groups in total. The van der Waals surface area contributed by atoms with Crippen molar-refractivity contribution in [3.05, 3.63) is 58.0 Å². The topological polar surface area (TPSA) is 102 Å². The minimum absolute atomic E-state index is 0.0659. The van der Waals surface area contributed by atoms with Crippen LogP contribution in [-0.4, -0.2) is 36.3 Å². The van der Waals surface area contributed by atoms with Crippen LogP contribution in [0.5, 0.6) is 0 Å². The van der Waals surface area contributed by atoms with Crippen molar-refractivity contribution in [3.8, 4) is 0 Å². The highest BCUT2D eigenvalue weighted by Gasteiger charge is 2.28. The molecule has 29 heavy (non-hydrogen) atoms. The first-order valence-corrected chi connectivity index (χ1v) is 10.9. The van der Waals surface area contributed by atoms with Crippen molar-refractivity contribution in [2.45, 2.75) is 24.3 Å². The summed E-state index contributed by atoms with van der Waals surface area (Å²) in [7, 11) is -3.63. The second-order valence-electron chi connectivity index (χ2n) is 6.75. The predicted molar refractivity (Wildman–Crippen MR) is 109 cm³/mol. The normalized spacial score (nSPS) is 15.1. The Hall–Kier alpha value is -2.62. The van der Waals surface area contributed by atoms with Gasteiger partial charge >= 0.3 is 5.76 Å². The van der Waals surface area contributed by atoms with Gasteiger partial charge in [-0.15, -0.1) is 0 Å². The van der Waals surface area contributed by atoms with E-state index in [1.54, 1.807) is 24.3 Å². The van der Waals surface area contributed by atoms with Gasteiger partial charge < -0.3 is 9.73 Å². The van der Waals surface area contributed by atoms with Crippen LogP contribution in [0.4, 0.5) is 5.69 Å². The van der Waals surface area contributed by atoms with Gasteiger partial charge in [-0.05, 0) is 43.2 Å². The highest BCUT2D eigenvalue weighted by molar-refractivity contribution is 7.89. The third kappa shape index (κ3) is 3.93. The smallest absolute Gasteiger partial charge is 0.408 e. The van der Waals surface area contributed by atoms with E-state index in [1.807, 2.05) is 0 Å². The second-order valence-corrected chi connectivity index (χ2v) is 9.13. The van der Waals surface area contributed by atoms with Crippen LogP contribution in [0.25, 0.3) is 11.1 Å².